The normalized spacial score (nSPS) is 11.6. The van der Waals surface area contributed by atoms with Crippen molar-refractivity contribution in [2.75, 3.05) is 5.88 Å². The van der Waals surface area contributed by atoms with E-state index in [1.807, 2.05) is 0 Å². The second kappa shape index (κ2) is 6.29. The number of non-ortho nitro benzene ring substituents is 1. The van der Waals surface area contributed by atoms with E-state index >= 15 is 0 Å². The summed E-state index contributed by atoms with van der Waals surface area (Å²) in [6.45, 7) is 0. The maximum atomic E-state index is 12.3. The van der Waals surface area contributed by atoms with Gasteiger partial charge >= 0.3 is 5.51 Å². The van der Waals surface area contributed by atoms with Crippen LogP contribution in [0, 0.1) is 10.1 Å². The molecule has 0 radical (unpaired) electrons. The molecular weight excluding hydrogens is 291 g/mol. The summed E-state index contributed by atoms with van der Waals surface area (Å²) in [4.78, 5) is 9.68. The Labute approximate surface area is 110 Å². The minimum absolute atomic E-state index is 0.137. The number of nitro groups is 1. The first-order chi connectivity index (χ1) is 8.33. The Morgan fingerprint density at radius 1 is 1.39 bits per heavy atom. The zero-order valence-electron chi connectivity index (χ0n) is 9.04. The molecule has 0 atom stereocenters. The van der Waals surface area contributed by atoms with E-state index in [1.165, 1.54) is 12.1 Å². The lowest BCUT2D eigenvalue weighted by atomic mass is 10.1. The van der Waals surface area contributed by atoms with Crippen molar-refractivity contribution < 1.29 is 18.1 Å². The Morgan fingerprint density at radius 3 is 2.56 bits per heavy atom. The molecule has 8 heteroatoms. The molecule has 1 rings (SSSR count). The van der Waals surface area contributed by atoms with Crippen LogP contribution in [0.4, 0.5) is 18.9 Å². The average molecular weight is 300 g/mol. The molecule has 100 valence electrons. The van der Waals surface area contributed by atoms with Crippen molar-refractivity contribution in [3.8, 4) is 0 Å². The van der Waals surface area contributed by atoms with Crippen molar-refractivity contribution in [3.05, 3.63) is 33.9 Å². The van der Waals surface area contributed by atoms with Crippen LogP contribution in [0.1, 0.15) is 12.0 Å². The van der Waals surface area contributed by atoms with E-state index in [4.69, 9.17) is 11.6 Å². The van der Waals surface area contributed by atoms with Gasteiger partial charge in [0, 0.05) is 22.9 Å². The molecular formula is C10H9ClF3NO2S. The molecule has 0 unspecified atom stereocenters. The zero-order valence-corrected chi connectivity index (χ0v) is 10.6. The van der Waals surface area contributed by atoms with Gasteiger partial charge in [-0.1, -0.05) is 6.07 Å². The number of hydrogen-bond acceptors (Lipinski definition) is 3. The first kappa shape index (κ1) is 15.1. The molecule has 3 nitrogen and oxygen atoms in total. The molecule has 0 spiro atoms. The van der Waals surface area contributed by atoms with Gasteiger partial charge in [0.2, 0.25) is 0 Å². The Bertz CT molecular complexity index is 440. The highest BCUT2D eigenvalue weighted by molar-refractivity contribution is 8.00. The van der Waals surface area contributed by atoms with Crippen LogP contribution in [0.2, 0.25) is 0 Å². The Morgan fingerprint density at radius 2 is 2.06 bits per heavy atom. The van der Waals surface area contributed by atoms with Crippen molar-refractivity contribution in [2.45, 2.75) is 23.2 Å². The van der Waals surface area contributed by atoms with Crippen molar-refractivity contribution in [3.63, 3.8) is 0 Å². The molecule has 0 amide bonds. The first-order valence-electron chi connectivity index (χ1n) is 4.92. The van der Waals surface area contributed by atoms with Crippen LogP contribution in [-0.2, 0) is 6.42 Å². The minimum atomic E-state index is -4.47. The Hall–Kier alpha value is -0.950. The molecule has 0 bridgehead atoms. The van der Waals surface area contributed by atoms with Crippen LogP contribution in [0.15, 0.2) is 23.1 Å². The maximum absolute atomic E-state index is 12.3. The highest BCUT2D eigenvalue weighted by atomic mass is 35.5. The summed E-state index contributed by atoms with van der Waals surface area (Å²) in [5, 5.41) is 10.5. The van der Waals surface area contributed by atoms with Gasteiger partial charge in [0.1, 0.15) is 0 Å². The van der Waals surface area contributed by atoms with Crippen LogP contribution >= 0.6 is 23.4 Å². The number of nitrogens with zero attached hydrogens (tertiary/aromatic N) is 1. The second-order valence-electron chi connectivity index (χ2n) is 3.39. The zero-order chi connectivity index (χ0) is 13.8. The predicted octanol–water partition coefficient (Wildman–Crippen LogP) is 4.38. The first-order valence-corrected chi connectivity index (χ1v) is 6.27. The summed E-state index contributed by atoms with van der Waals surface area (Å²) in [6, 6.07) is 3.49. The fraction of sp³-hybridized carbons (Fsp3) is 0.400. The van der Waals surface area contributed by atoms with Crippen molar-refractivity contribution in [1.82, 2.24) is 0 Å². The van der Waals surface area contributed by atoms with Gasteiger partial charge in [-0.15, -0.1) is 11.6 Å². The Balaban J connectivity index is 3.05. The summed E-state index contributed by atoms with van der Waals surface area (Å²) >= 11 is 5.14. The lowest BCUT2D eigenvalue weighted by Crippen LogP contribution is -2.02. The SMILES string of the molecule is O=[N+]([O-])c1ccc(CCCCl)c(SC(F)(F)F)c1. The van der Waals surface area contributed by atoms with Gasteiger partial charge < -0.3 is 0 Å². The summed E-state index contributed by atoms with van der Waals surface area (Å²) in [7, 11) is 0. The van der Waals surface area contributed by atoms with Gasteiger partial charge in [-0.2, -0.15) is 13.2 Å². The van der Waals surface area contributed by atoms with Gasteiger partial charge in [-0.05, 0) is 30.2 Å². The summed E-state index contributed by atoms with van der Waals surface area (Å²) in [5.41, 5.74) is -4.40. The molecule has 18 heavy (non-hydrogen) atoms. The second-order valence-corrected chi connectivity index (χ2v) is 4.87. The molecule has 0 N–H and O–H groups in total. The van der Waals surface area contributed by atoms with E-state index in [0.717, 1.165) is 6.07 Å². The largest absolute Gasteiger partial charge is 0.446 e. The third-order valence-corrected chi connectivity index (χ3v) is 3.17. The lowest BCUT2D eigenvalue weighted by Gasteiger charge is -2.10. The molecule has 0 aromatic heterocycles. The number of aryl methyl sites for hydroxylation is 1. The molecule has 0 aliphatic heterocycles. The molecule has 0 saturated carbocycles. The quantitative estimate of drug-likeness (QED) is 0.351. The van der Waals surface area contributed by atoms with Gasteiger partial charge in [-0.3, -0.25) is 10.1 Å². The molecule has 0 saturated heterocycles. The van der Waals surface area contributed by atoms with E-state index in [9.17, 15) is 23.3 Å². The van der Waals surface area contributed by atoms with Gasteiger partial charge in [-0.25, -0.2) is 0 Å². The highest BCUT2D eigenvalue weighted by Crippen LogP contribution is 2.40. The molecule has 0 heterocycles. The van der Waals surface area contributed by atoms with E-state index in [1.54, 1.807) is 0 Å². The third-order valence-electron chi connectivity index (χ3n) is 2.07. The number of halogens is 4. The lowest BCUT2D eigenvalue weighted by molar-refractivity contribution is -0.385. The smallest absolute Gasteiger partial charge is 0.258 e. The van der Waals surface area contributed by atoms with Crippen LogP contribution in [0.3, 0.4) is 0 Å². The van der Waals surface area contributed by atoms with E-state index < -0.39 is 10.4 Å². The van der Waals surface area contributed by atoms with Gasteiger partial charge in [0.25, 0.3) is 5.69 Å². The maximum Gasteiger partial charge on any atom is 0.446 e. The van der Waals surface area contributed by atoms with E-state index in [2.05, 4.69) is 0 Å². The van der Waals surface area contributed by atoms with Crippen LogP contribution in [0.5, 0.6) is 0 Å². The number of hydrogen-bond donors (Lipinski definition) is 0. The van der Waals surface area contributed by atoms with E-state index in [-0.39, 0.29) is 22.3 Å². The van der Waals surface area contributed by atoms with Crippen LogP contribution in [0.25, 0.3) is 0 Å². The number of nitro benzene ring substituents is 1. The van der Waals surface area contributed by atoms with Gasteiger partial charge in [0.05, 0.1) is 4.92 Å². The summed E-state index contributed by atoms with van der Waals surface area (Å²) < 4.78 is 37.0. The predicted molar refractivity (Wildman–Crippen MR) is 64.0 cm³/mol. The van der Waals surface area contributed by atoms with Gasteiger partial charge in [0.15, 0.2) is 0 Å². The highest BCUT2D eigenvalue weighted by Gasteiger charge is 2.31. The van der Waals surface area contributed by atoms with Crippen molar-refractivity contribution >= 4 is 29.1 Å². The molecule has 1 aromatic rings. The molecule has 1 aromatic carbocycles. The Kier molecular flexibility index (Phi) is 5.28. The fourth-order valence-corrected chi connectivity index (χ4v) is 2.20. The van der Waals surface area contributed by atoms with E-state index in [0.29, 0.717) is 24.3 Å². The third kappa shape index (κ3) is 4.73. The number of benzene rings is 1. The monoisotopic (exact) mass is 299 g/mol. The standard InChI is InChI=1S/C10H9ClF3NO2S/c11-5-1-2-7-3-4-8(15(16)17)6-9(7)18-10(12,13)14/h3-4,6H,1-2,5H2. The summed E-state index contributed by atoms with van der Waals surface area (Å²) in [6.07, 6.45) is 0.880. The fourth-order valence-electron chi connectivity index (χ4n) is 1.34. The molecule has 0 aliphatic rings. The number of alkyl halides is 4. The molecule has 0 fully saturated rings. The van der Waals surface area contributed by atoms with Crippen molar-refractivity contribution in [1.29, 1.82) is 0 Å². The topological polar surface area (TPSA) is 43.1 Å². The minimum Gasteiger partial charge on any atom is -0.258 e. The van der Waals surface area contributed by atoms with Crippen LogP contribution in [-0.4, -0.2) is 16.3 Å². The number of rotatable bonds is 5. The molecule has 0 aliphatic carbocycles. The average Bonchev–Trinajstić information content (AvgIpc) is 2.25. The summed E-state index contributed by atoms with van der Waals surface area (Å²) in [5.74, 6) is 0.327. The number of thioether (sulfide) groups is 1. The van der Waals surface area contributed by atoms with Crippen molar-refractivity contribution in [2.24, 2.45) is 0 Å². The van der Waals surface area contributed by atoms with Crippen LogP contribution < -0.4 is 0 Å².